The molecule has 1 N–H and O–H groups in total. The molecular formula is C16H26N4O2. The van der Waals surface area contributed by atoms with Crippen LogP contribution in [0.1, 0.15) is 32.5 Å². The average molecular weight is 306 g/mol. The first-order valence-corrected chi connectivity index (χ1v) is 7.99. The van der Waals surface area contributed by atoms with Crippen LogP contribution in [-0.4, -0.2) is 54.2 Å². The molecule has 1 aromatic heterocycles. The number of aryl methyl sites for hydroxylation is 1. The van der Waals surface area contributed by atoms with Gasteiger partial charge in [-0.25, -0.2) is 9.97 Å². The van der Waals surface area contributed by atoms with E-state index in [0.717, 1.165) is 49.9 Å². The molecule has 0 saturated carbocycles. The number of aliphatic hydroxyl groups excluding tert-OH is 1. The standard InChI is InChI=1S/C16H26N4O2/c1-11-17-9-13-14(18-11)20(12-5-7-22-8-6-12)10-16(2,3)15(21)19(13)4/h9,12,15,21H,5-8,10H2,1-4H3. The fourth-order valence-corrected chi connectivity index (χ4v) is 3.46. The highest BCUT2D eigenvalue weighted by Gasteiger charge is 2.41. The second kappa shape index (κ2) is 5.66. The molecule has 22 heavy (non-hydrogen) atoms. The maximum Gasteiger partial charge on any atom is 0.156 e. The third-order valence-corrected chi connectivity index (χ3v) is 4.80. The van der Waals surface area contributed by atoms with E-state index < -0.39 is 6.23 Å². The van der Waals surface area contributed by atoms with Gasteiger partial charge in [-0.1, -0.05) is 13.8 Å². The summed E-state index contributed by atoms with van der Waals surface area (Å²) in [5.41, 5.74) is 0.636. The number of anilines is 2. The zero-order valence-corrected chi connectivity index (χ0v) is 13.9. The maximum atomic E-state index is 10.7. The Bertz CT molecular complexity index is 543. The summed E-state index contributed by atoms with van der Waals surface area (Å²) in [5.74, 6) is 1.70. The smallest absolute Gasteiger partial charge is 0.156 e. The summed E-state index contributed by atoms with van der Waals surface area (Å²) >= 11 is 0. The Morgan fingerprint density at radius 3 is 2.68 bits per heavy atom. The topological polar surface area (TPSA) is 61.7 Å². The van der Waals surface area contributed by atoms with E-state index in [0.29, 0.717) is 6.04 Å². The van der Waals surface area contributed by atoms with Gasteiger partial charge in [0, 0.05) is 38.3 Å². The third kappa shape index (κ3) is 2.65. The Balaban J connectivity index is 2.07. The molecule has 1 aromatic rings. The van der Waals surface area contributed by atoms with Crippen molar-refractivity contribution in [1.29, 1.82) is 0 Å². The highest BCUT2D eigenvalue weighted by molar-refractivity contribution is 5.68. The second-order valence-corrected chi connectivity index (χ2v) is 7.07. The van der Waals surface area contributed by atoms with E-state index in [2.05, 4.69) is 23.7 Å². The number of hydrogen-bond donors (Lipinski definition) is 1. The van der Waals surface area contributed by atoms with Crippen molar-refractivity contribution in [3.05, 3.63) is 12.0 Å². The Labute approximate surface area is 132 Å². The Morgan fingerprint density at radius 2 is 2.00 bits per heavy atom. The minimum Gasteiger partial charge on any atom is -0.381 e. The number of aliphatic hydroxyl groups is 1. The van der Waals surface area contributed by atoms with E-state index in [-0.39, 0.29) is 5.41 Å². The monoisotopic (exact) mass is 306 g/mol. The number of nitrogens with zero attached hydrogens (tertiary/aromatic N) is 4. The summed E-state index contributed by atoms with van der Waals surface area (Å²) in [6, 6.07) is 0.403. The van der Waals surface area contributed by atoms with E-state index in [9.17, 15) is 5.11 Å². The number of rotatable bonds is 1. The van der Waals surface area contributed by atoms with Crippen molar-refractivity contribution < 1.29 is 9.84 Å². The van der Waals surface area contributed by atoms with Gasteiger partial charge in [0.15, 0.2) is 5.82 Å². The van der Waals surface area contributed by atoms with Crippen molar-refractivity contribution in [1.82, 2.24) is 9.97 Å². The molecule has 0 spiro atoms. The van der Waals surface area contributed by atoms with Crippen molar-refractivity contribution >= 4 is 11.5 Å². The number of hydrogen-bond acceptors (Lipinski definition) is 6. The predicted molar refractivity (Wildman–Crippen MR) is 86.1 cm³/mol. The number of aromatic nitrogens is 2. The van der Waals surface area contributed by atoms with Gasteiger partial charge in [-0.2, -0.15) is 0 Å². The van der Waals surface area contributed by atoms with Crippen molar-refractivity contribution in [3.8, 4) is 0 Å². The fraction of sp³-hybridized carbons (Fsp3) is 0.750. The molecule has 2 aliphatic rings. The van der Waals surface area contributed by atoms with Crippen LogP contribution in [0.5, 0.6) is 0 Å². The van der Waals surface area contributed by atoms with Crippen molar-refractivity contribution in [2.24, 2.45) is 5.41 Å². The first kappa shape index (κ1) is 15.5. The lowest BCUT2D eigenvalue weighted by molar-refractivity contribution is 0.0509. The zero-order chi connectivity index (χ0) is 15.9. The molecule has 6 heteroatoms. The highest BCUT2D eigenvalue weighted by atomic mass is 16.5. The van der Waals surface area contributed by atoms with Gasteiger partial charge < -0.3 is 19.6 Å². The van der Waals surface area contributed by atoms with Gasteiger partial charge in [-0.05, 0) is 19.8 Å². The zero-order valence-electron chi connectivity index (χ0n) is 13.9. The average Bonchev–Trinajstić information content (AvgIpc) is 2.58. The highest BCUT2D eigenvalue weighted by Crippen LogP contribution is 2.39. The quantitative estimate of drug-likeness (QED) is 0.850. The first-order chi connectivity index (χ1) is 10.4. The molecule has 2 aliphatic heterocycles. The second-order valence-electron chi connectivity index (χ2n) is 7.07. The molecule has 0 aromatic carbocycles. The van der Waals surface area contributed by atoms with E-state index in [4.69, 9.17) is 9.72 Å². The van der Waals surface area contributed by atoms with Crippen LogP contribution in [0, 0.1) is 12.3 Å². The molecule has 0 bridgehead atoms. The first-order valence-electron chi connectivity index (χ1n) is 7.99. The lowest BCUT2D eigenvalue weighted by atomic mass is 9.89. The summed E-state index contributed by atoms with van der Waals surface area (Å²) in [5, 5.41) is 10.7. The molecule has 3 heterocycles. The minimum absolute atomic E-state index is 0.262. The van der Waals surface area contributed by atoms with Crippen molar-refractivity contribution in [2.75, 3.05) is 36.6 Å². The summed E-state index contributed by atoms with van der Waals surface area (Å²) in [7, 11) is 1.91. The van der Waals surface area contributed by atoms with E-state index >= 15 is 0 Å². The van der Waals surface area contributed by atoms with Crippen LogP contribution in [0.3, 0.4) is 0 Å². The van der Waals surface area contributed by atoms with Crippen LogP contribution in [0.2, 0.25) is 0 Å². The van der Waals surface area contributed by atoms with Gasteiger partial charge in [0.05, 0.1) is 6.20 Å². The molecule has 0 aliphatic carbocycles. The lowest BCUT2D eigenvalue weighted by Crippen LogP contribution is -2.49. The summed E-state index contributed by atoms with van der Waals surface area (Å²) in [4.78, 5) is 13.3. The van der Waals surface area contributed by atoms with E-state index in [1.54, 1.807) is 0 Å². The number of ether oxygens (including phenoxy) is 1. The maximum absolute atomic E-state index is 10.7. The number of fused-ring (bicyclic) bond motifs is 1. The third-order valence-electron chi connectivity index (χ3n) is 4.80. The Hall–Kier alpha value is -1.40. The fourth-order valence-electron chi connectivity index (χ4n) is 3.46. The molecule has 0 radical (unpaired) electrons. The van der Waals surface area contributed by atoms with Crippen LogP contribution in [0.4, 0.5) is 11.5 Å². The van der Waals surface area contributed by atoms with E-state index in [1.807, 2.05) is 25.1 Å². The Kier molecular flexibility index (Phi) is 3.99. The molecule has 6 nitrogen and oxygen atoms in total. The van der Waals surface area contributed by atoms with Crippen molar-refractivity contribution in [2.45, 2.75) is 45.9 Å². The van der Waals surface area contributed by atoms with Crippen LogP contribution in [-0.2, 0) is 4.74 Å². The molecule has 122 valence electrons. The molecule has 1 unspecified atom stereocenters. The van der Waals surface area contributed by atoms with Gasteiger partial charge in [0.1, 0.15) is 17.7 Å². The molecule has 3 rings (SSSR count). The van der Waals surface area contributed by atoms with Gasteiger partial charge in [0.25, 0.3) is 0 Å². The Morgan fingerprint density at radius 1 is 1.32 bits per heavy atom. The predicted octanol–water partition coefficient (Wildman–Crippen LogP) is 1.56. The van der Waals surface area contributed by atoms with Gasteiger partial charge in [-0.15, -0.1) is 0 Å². The van der Waals surface area contributed by atoms with E-state index in [1.165, 1.54) is 0 Å². The van der Waals surface area contributed by atoms with Gasteiger partial charge in [-0.3, -0.25) is 0 Å². The molecular weight excluding hydrogens is 280 g/mol. The SMILES string of the molecule is Cc1ncc2c(n1)N(C1CCOCC1)CC(C)(C)C(O)N2C. The van der Waals surface area contributed by atoms with Crippen LogP contribution < -0.4 is 9.80 Å². The summed E-state index contributed by atoms with van der Waals surface area (Å²) in [6.07, 6.45) is 3.26. The molecule has 0 amide bonds. The van der Waals surface area contributed by atoms with Crippen LogP contribution in [0.15, 0.2) is 6.20 Å². The lowest BCUT2D eigenvalue weighted by Gasteiger charge is -2.39. The molecule has 1 saturated heterocycles. The van der Waals surface area contributed by atoms with Crippen molar-refractivity contribution in [3.63, 3.8) is 0 Å². The normalized spacial score (nSPS) is 25.8. The summed E-state index contributed by atoms with van der Waals surface area (Å²) in [6.45, 7) is 8.47. The van der Waals surface area contributed by atoms with Gasteiger partial charge in [0.2, 0.25) is 0 Å². The minimum atomic E-state index is -0.567. The molecule has 1 fully saturated rings. The summed E-state index contributed by atoms with van der Waals surface area (Å²) < 4.78 is 5.51. The molecule has 1 atom stereocenters. The van der Waals surface area contributed by atoms with Crippen LogP contribution in [0.25, 0.3) is 0 Å². The van der Waals surface area contributed by atoms with Crippen LogP contribution >= 0.6 is 0 Å². The van der Waals surface area contributed by atoms with Gasteiger partial charge >= 0.3 is 0 Å². The largest absolute Gasteiger partial charge is 0.381 e.